The highest BCUT2D eigenvalue weighted by atomic mass is 35.5. The number of piperazine rings is 1. The van der Waals surface area contributed by atoms with Crippen LogP contribution in [0.1, 0.15) is 12.8 Å². The van der Waals surface area contributed by atoms with E-state index in [0.29, 0.717) is 5.41 Å². The van der Waals surface area contributed by atoms with Crippen LogP contribution in [0.25, 0.3) is 0 Å². The SMILES string of the molecule is CN1CCN(CC2(CNC(=O)C3C=CCN3)CC2)CC1.Cl.Cl. The molecule has 0 spiro atoms. The molecule has 3 aliphatic rings. The first-order chi connectivity index (χ1) is 9.67. The van der Waals surface area contributed by atoms with Gasteiger partial charge in [0.05, 0.1) is 0 Å². The van der Waals surface area contributed by atoms with Crippen molar-refractivity contribution in [1.29, 1.82) is 0 Å². The van der Waals surface area contributed by atoms with Crippen LogP contribution < -0.4 is 10.6 Å². The van der Waals surface area contributed by atoms with Crippen LogP contribution in [-0.4, -0.2) is 74.6 Å². The van der Waals surface area contributed by atoms with E-state index in [2.05, 4.69) is 27.5 Å². The minimum absolute atomic E-state index is 0. The van der Waals surface area contributed by atoms with E-state index in [0.717, 1.165) is 19.6 Å². The lowest BCUT2D eigenvalue weighted by Gasteiger charge is -2.35. The van der Waals surface area contributed by atoms with Crippen molar-refractivity contribution in [3.05, 3.63) is 12.2 Å². The Morgan fingerprint density at radius 2 is 1.95 bits per heavy atom. The number of carbonyl (C=O) groups is 1. The van der Waals surface area contributed by atoms with E-state index in [-0.39, 0.29) is 36.8 Å². The third kappa shape index (κ3) is 5.10. The van der Waals surface area contributed by atoms with E-state index < -0.39 is 0 Å². The fraction of sp³-hybridized carbons (Fsp3) is 0.800. The molecule has 3 rings (SSSR count). The van der Waals surface area contributed by atoms with Crippen molar-refractivity contribution in [3.63, 3.8) is 0 Å². The van der Waals surface area contributed by atoms with E-state index in [1.165, 1.54) is 39.0 Å². The van der Waals surface area contributed by atoms with Gasteiger partial charge in [0.2, 0.25) is 5.91 Å². The van der Waals surface area contributed by atoms with Crippen LogP contribution in [0.15, 0.2) is 12.2 Å². The van der Waals surface area contributed by atoms with Gasteiger partial charge in [-0.1, -0.05) is 12.2 Å². The first kappa shape index (κ1) is 19.7. The molecule has 1 aliphatic carbocycles. The van der Waals surface area contributed by atoms with Crippen molar-refractivity contribution in [3.8, 4) is 0 Å². The summed E-state index contributed by atoms with van der Waals surface area (Å²) in [5.74, 6) is 0.128. The van der Waals surface area contributed by atoms with Gasteiger partial charge in [-0.25, -0.2) is 0 Å². The lowest BCUT2D eigenvalue weighted by atomic mass is 10.1. The molecule has 2 fully saturated rings. The van der Waals surface area contributed by atoms with Crippen molar-refractivity contribution in [2.45, 2.75) is 18.9 Å². The second-order valence-corrected chi connectivity index (χ2v) is 6.61. The molecule has 2 aliphatic heterocycles. The van der Waals surface area contributed by atoms with E-state index >= 15 is 0 Å². The topological polar surface area (TPSA) is 47.6 Å². The van der Waals surface area contributed by atoms with E-state index in [4.69, 9.17) is 0 Å². The standard InChI is InChI=1S/C15H26N4O.2ClH/c1-18-7-9-19(10-8-18)12-15(4-5-15)11-17-14(20)13-3-2-6-16-13;;/h2-3,13,16H,4-12H2,1H3,(H,17,20);2*1H. The molecule has 5 nitrogen and oxygen atoms in total. The number of nitrogens with one attached hydrogen (secondary N) is 2. The van der Waals surface area contributed by atoms with Crippen molar-refractivity contribution in [2.24, 2.45) is 5.41 Å². The van der Waals surface area contributed by atoms with Gasteiger partial charge in [0.1, 0.15) is 6.04 Å². The van der Waals surface area contributed by atoms with Gasteiger partial charge in [0.25, 0.3) is 0 Å². The summed E-state index contributed by atoms with van der Waals surface area (Å²) in [5.41, 5.74) is 0.355. The maximum Gasteiger partial charge on any atom is 0.241 e. The van der Waals surface area contributed by atoms with Crippen LogP contribution >= 0.6 is 24.8 Å². The van der Waals surface area contributed by atoms with Crippen LogP contribution in [0, 0.1) is 5.41 Å². The number of nitrogens with zero attached hydrogens (tertiary/aromatic N) is 2. The zero-order valence-corrected chi connectivity index (χ0v) is 14.8. The van der Waals surface area contributed by atoms with Gasteiger partial charge in [0, 0.05) is 51.2 Å². The van der Waals surface area contributed by atoms with Gasteiger partial charge in [-0.05, 0) is 19.9 Å². The Hall–Kier alpha value is -0.330. The van der Waals surface area contributed by atoms with Crippen molar-refractivity contribution < 1.29 is 4.79 Å². The molecule has 1 atom stereocenters. The first-order valence-electron chi connectivity index (χ1n) is 7.76. The minimum Gasteiger partial charge on any atom is -0.354 e. The molecule has 0 radical (unpaired) electrons. The molecule has 0 aromatic heterocycles. The van der Waals surface area contributed by atoms with Gasteiger partial charge in [-0.3, -0.25) is 10.1 Å². The largest absolute Gasteiger partial charge is 0.354 e. The molecule has 2 heterocycles. The van der Waals surface area contributed by atoms with Crippen LogP contribution in [0.5, 0.6) is 0 Å². The summed E-state index contributed by atoms with van der Waals surface area (Å²) in [6.07, 6.45) is 6.48. The van der Waals surface area contributed by atoms with E-state index in [9.17, 15) is 4.79 Å². The Kier molecular flexibility index (Phi) is 7.62. The lowest BCUT2D eigenvalue weighted by molar-refractivity contribution is -0.122. The van der Waals surface area contributed by atoms with Crippen molar-refractivity contribution in [1.82, 2.24) is 20.4 Å². The second kappa shape index (κ2) is 8.50. The fourth-order valence-corrected chi connectivity index (χ4v) is 3.08. The predicted molar refractivity (Wildman–Crippen MR) is 94.0 cm³/mol. The molecule has 1 saturated carbocycles. The summed E-state index contributed by atoms with van der Waals surface area (Å²) in [5, 5.41) is 6.30. The Balaban J connectivity index is 0.00000121. The molecule has 7 heteroatoms. The zero-order chi connectivity index (χ0) is 14.0. The molecular weight excluding hydrogens is 323 g/mol. The number of hydrogen-bond donors (Lipinski definition) is 2. The Bertz CT molecular complexity index is 393. The molecule has 0 aromatic carbocycles. The summed E-state index contributed by atoms with van der Waals surface area (Å²) in [4.78, 5) is 17.0. The predicted octanol–water partition coefficient (Wildman–Crippen LogP) is 0.502. The summed E-state index contributed by atoms with van der Waals surface area (Å²) in [6.45, 7) is 7.46. The zero-order valence-electron chi connectivity index (χ0n) is 13.2. The molecule has 1 saturated heterocycles. The highest BCUT2D eigenvalue weighted by Gasteiger charge is 2.44. The molecule has 0 aromatic rings. The van der Waals surface area contributed by atoms with Crippen molar-refractivity contribution >= 4 is 30.7 Å². The molecular formula is C15H28Cl2N4O. The average Bonchev–Trinajstić information content (AvgIpc) is 3.00. The summed E-state index contributed by atoms with van der Waals surface area (Å²) >= 11 is 0. The van der Waals surface area contributed by atoms with Crippen LogP contribution in [-0.2, 0) is 4.79 Å². The molecule has 1 unspecified atom stereocenters. The molecule has 2 N–H and O–H groups in total. The quantitative estimate of drug-likeness (QED) is 0.709. The third-order valence-electron chi connectivity index (χ3n) is 4.82. The highest BCUT2D eigenvalue weighted by Crippen LogP contribution is 2.45. The number of likely N-dealkylation sites (N-methyl/N-ethyl adjacent to an activating group) is 1. The van der Waals surface area contributed by atoms with Gasteiger partial charge in [0.15, 0.2) is 0 Å². The third-order valence-corrected chi connectivity index (χ3v) is 4.82. The number of rotatable bonds is 5. The second-order valence-electron chi connectivity index (χ2n) is 6.61. The van der Waals surface area contributed by atoms with Gasteiger partial charge < -0.3 is 15.1 Å². The van der Waals surface area contributed by atoms with Gasteiger partial charge in [-0.2, -0.15) is 0 Å². The highest BCUT2D eigenvalue weighted by molar-refractivity contribution is 5.85. The number of halogens is 2. The van der Waals surface area contributed by atoms with Crippen LogP contribution in [0.2, 0.25) is 0 Å². The van der Waals surface area contributed by atoms with Crippen molar-refractivity contribution in [2.75, 3.05) is 52.9 Å². The summed E-state index contributed by atoms with van der Waals surface area (Å²) < 4.78 is 0. The molecule has 0 bridgehead atoms. The molecule has 22 heavy (non-hydrogen) atoms. The summed E-state index contributed by atoms with van der Waals surface area (Å²) in [7, 11) is 2.19. The van der Waals surface area contributed by atoms with Gasteiger partial charge >= 0.3 is 0 Å². The Morgan fingerprint density at radius 1 is 1.27 bits per heavy atom. The fourth-order valence-electron chi connectivity index (χ4n) is 3.08. The van der Waals surface area contributed by atoms with E-state index in [1.807, 2.05) is 12.2 Å². The summed E-state index contributed by atoms with van der Waals surface area (Å²) in [6, 6.07) is -0.116. The van der Waals surface area contributed by atoms with E-state index in [1.54, 1.807) is 0 Å². The minimum atomic E-state index is -0.116. The molecule has 128 valence electrons. The smallest absolute Gasteiger partial charge is 0.241 e. The Labute approximate surface area is 145 Å². The first-order valence-corrected chi connectivity index (χ1v) is 7.76. The normalized spacial score (nSPS) is 26.9. The lowest BCUT2D eigenvalue weighted by Crippen LogP contribution is -2.49. The van der Waals surface area contributed by atoms with Crippen LogP contribution in [0.3, 0.4) is 0 Å². The maximum absolute atomic E-state index is 12.0. The molecule has 1 amide bonds. The maximum atomic E-state index is 12.0. The number of carbonyl (C=O) groups excluding carboxylic acids is 1. The average molecular weight is 351 g/mol. The monoisotopic (exact) mass is 350 g/mol. The number of amides is 1. The van der Waals surface area contributed by atoms with Crippen LogP contribution in [0.4, 0.5) is 0 Å². The van der Waals surface area contributed by atoms with Gasteiger partial charge in [-0.15, -0.1) is 24.8 Å². The number of hydrogen-bond acceptors (Lipinski definition) is 4. The Morgan fingerprint density at radius 3 is 2.50 bits per heavy atom.